The Hall–Kier alpha value is -5.22. The van der Waals surface area contributed by atoms with Crippen LogP contribution in [0.2, 0.25) is 0 Å². The maximum absolute atomic E-state index is 13.0. The van der Waals surface area contributed by atoms with E-state index in [1.165, 1.54) is 49.9 Å². The second-order valence-electron chi connectivity index (χ2n) is 16.8. The summed E-state index contributed by atoms with van der Waals surface area (Å²) in [6, 6.07) is 13.7. The highest BCUT2D eigenvalue weighted by atomic mass is 19.4. The number of likely N-dealkylation sites (tertiary alicyclic amines) is 4. The van der Waals surface area contributed by atoms with E-state index in [2.05, 4.69) is 19.8 Å². The number of rotatable bonds is 6. The van der Waals surface area contributed by atoms with Gasteiger partial charge in [-0.25, -0.2) is 0 Å². The Morgan fingerprint density at radius 1 is 0.532 bits per heavy atom. The fraction of sp³-hybridized carbons (Fsp3) is 0.478. The molecule has 4 saturated heterocycles. The second kappa shape index (κ2) is 18.6. The molecule has 4 aliphatic rings. The van der Waals surface area contributed by atoms with Crippen LogP contribution in [-0.4, -0.2) is 106 Å². The molecule has 62 heavy (non-hydrogen) atoms. The van der Waals surface area contributed by atoms with Crippen LogP contribution in [-0.2, 0) is 12.4 Å². The van der Waals surface area contributed by atoms with E-state index >= 15 is 0 Å². The number of amides is 2. The third-order valence-corrected chi connectivity index (χ3v) is 12.7. The Labute approximate surface area is 355 Å². The number of hydrogen-bond acceptors (Lipinski definition) is 6. The highest BCUT2D eigenvalue weighted by Crippen LogP contribution is 2.34. The first-order chi connectivity index (χ1) is 29.5. The molecule has 0 atom stereocenters. The Morgan fingerprint density at radius 2 is 0.871 bits per heavy atom. The molecule has 2 aromatic heterocycles. The molecule has 10 nitrogen and oxygen atoms in total. The standard InChI is InChI=1S/2C23H26F3N3O2/c2*1-15-13-19(16-5-4-6-17(14-16)23(24,25)26)27-21(30)20(15)22(31)29-11-7-18(8-12-29)28-9-2-3-10-28/h2*4-6,13-14,18H,2-3,7-12H2,1H3,(H,27,30). The lowest BCUT2D eigenvalue weighted by Crippen LogP contribution is -2.47. The van der Waals surface area contributed by atoms with Crippen molar-refractivity contribution in [1.29, 1.82) is 0 Å². The molecule has 16 heteroatoms. The van der Waals surface area contributed by atoms with Crippen molar-refractivity contribution in [1.82, 2.24) is 29.6 Å². The van der Waals surface area contributed by atoms with Crippen molar-refractivity contribution in [3.63, 3.8) is 0 Å². The van der Waals surface area contributed by atoms with Gasteiger partial charge < -0.3 is 29.6 Å². The van der Waals surface area contributed by atoms with Gasteiger partial charge in [-0.3, -0.25) is 19.2 Å². The number of nitrogens with zero attached hydrogens (tertiary/aromatic N) is 4. The van der Waals surface area contributed by atoms with Gasteiger partial charge in [0.1, 0.15) is 11.1 Å². The van der Waals surface area contributed by atoms with Crippen LogP contribution in [0.15, 0.2) is 70.3 Å². The number of halogens is 6. The lowest BCUT2D eigenvalue weighted by atomic mass is 10.0. The van der Waals surface area contributed by atoms with Crippen molar-refractivity contribution in [2.75, 3.05) is 52.4 Å². The fourth-order valence-electron chi connectivity index (χ4n) is 9.34. The average Bonchev–Trinajstić information content (AvgIpc) is 4.00. The summed E-state index contributed by atoms with van der Waals surface area (Å²) in [4.78, 5) is 65.2. The largest absolute Gasteiger partial charge is 0.416 e. The summed E-state index contributed by atoms with van der Waals surface area (Å²) in [7, 11) is 0. The molecular weight excluding hydrogens is 815 g/mol. The van der Waals surface area contributed by atoms with E-state index in [0.717, 1.165) is 76.1 Å². The number of benzene rings is 2. The van der Waals surface area contributed by atoms with Gasteiger partial charge in [0.2, 0.25) is 0 Å². The maximum atomic E-state index is 13.0. The molecule has 0 bridgehead atoms. The number of alkyl halides is 6. The van der Waals surface area contributed by atoms with E-state index in [1.807, 2.05) is 0 Å². The predicted octanol–water partition coefficient (Wildman–Crippen LogP) is 8.14. The number of aryl methyl sites for hydroxylation is 2. The third kappa shape index (κ3) is 10.2. The molecule has 8 rings (SSSR count). The number of H-pyrrole nitrogens is 2. The minimum absolute atomic E-state index is 0.0651. The lowest BCUT2D eigenvalue weighted by molar-refractivity contribution is -0.138. The zero-order valence-corrected chi connectivity index (χ0v) is 34.9. The molecule has 2 N–H and O–H groups in total. The molecule has 2 amide bonds. The van der Waals surface area contributed by atoms with Crippen LogP contribution in [0.1, 0.15) is 94.3 Å². The lowest BCUT2D eigenvalue weighted by Gasteiger charge is -2.36. The van der Waals surface area contributed by atoms with Gasteiger partial charge in [-0.1, -0.05) is 24.3 Å². The molecule has 0 radical (unpaired) electrons. The van der Waals surface area contributed by atoms with Gasteiger partial charge in [-0.05, 0) is 150 Å². The monoisotopic (exact) mass is 866 g/mol. The number of hydrogen-bond donors (Lipinski definition) is 2. The Kier molecular flexibility index (Phi) is 13.5. The van der Waals surface area contributed by atoms with Crippen molar-refractivity contribution < 1.29 is 35.9 Å². The Morgan fingerprint density at radius 3 is 1.18 bits per heavy atom. The summed E-state index contributed by atoms with van der Waals surface area (Å²) in [6.45, 7) is 10.2. The number of aromatic amines is 2. The number of piperidine rings is 2. The number of aromatic nitrogens is 2. The fourth-order valence-corrected chi connectivity index (χ4v) is 9.34. The van der Waals surface area contributed by atoms with Gasteiger partial charge >= 0.3 is 12.4 Å². The molecule has 4 aromatic rings. The first kappa shape index (κ1) is 44.8. The molecular formula is C46H52F6N6O4. The molecule has 0 spiro atoms. The topological polar surface area (TPSA) is 113 Å². The third-order valence-electron chi connectivity index (χ3n) is 12.7. The Balaban J connectivity index is 0.000000186. The summed E-state index contributed by atoms with van der Waals surface area (Å²) in [5.74, 6) is -0.622. The quantitative estimate of drug-likeness (QED) is 0.190. The molecule has 4 fully saturated rings. The van der Waals surface area contributed by atoms with Crippen LogP contribution in [0.25, 0.3) is 22.5 Å². The number of carbonyl (C=O) groups excluding carboxylic acids is 2. The number of carbonyl (C=O) groups is 2. The Bertz CT molecular complexity index is 2200. The molecule has 0 unspecified atom stereocenters. The highest BCUT2D eigenvalue weighted by molar-refractivity contribution is 5.96. The van der Waals surface area contributed by atoms with Crippen LogP contribution < -0.4 is 11.1 Å². The second-order valence-corrected chi connectivity index (χ2v) is 16.8. The smallest absolute Gasteiger partial charge is 0.338 e. The zero-order chi connectivity index (χ0) is 44.3. The summed E-state index contributed by atoms with van der Waals surface area (Å²) >= 11 is 0. The molecule has 0 saturated carbocycles. The van der Waals surface area contributed by atoms with E-state index in [1.54, 1.807) is 35.8 Å². The normalized spacial score (nSPS) is 18.5. The van der Waals surface area contributed by atoms with E-state index in [-0.39, 0.29) is 45.5 Å². The van der Waals surface area contributed by atoms with Crippen molar-refractivity contribution in [3.05, 3.63) is 115 Å². The van der Waals surface area contributed by atoms with Crippen molar-refractivity contribution >= 4 is 11.8 Å². The van der Waals surface area contributed by atoms with Gasteiger partial charge in [0, 0.05) is 49.7 Å². The first-order valence-electron chi connectivity index (χ1n) is 21.4. The van der Waals surface area contributed by atoms with E-state index in [9.17, 15) is 45.5 Å². The van der Waals surface area contributed by atoms with Crippen LogP contribution in [0, 0.1) is 13.8 Å². The summed E-state index contributed by atoms with van der Waals surface area (Å²) < 4.78 is 78.1. The zero-order valence-electron chi connectivity index (χ0n) is 34.9. The summed E-state index contributed by atoms with van der Waals surface area (Å²) in [5.41, 5.74) is -0.639. The number of nitrogens with one attached hydrogen (secondary N) is 2. The van der Waals surface area contributed by atoms with E-state index in [4.69, 9.17) is 0 Å². The summed E-state index contributed by atoms with van der Waals surface area (Å²) in [6.07, 6.45) is -0.452. The van der Waals surface area contributed by atoms with Crippen LogP contribution >= 0.6 is 0 Å². The van der Waals surface area contributed by atoms with Gasteiger partial charge in [-0.15, -0.1) is 0 Å². The molecule has 332 valence electrons. The van der Waals surface area contributed by atoms with Crippen molar-refractivity contribution in [2.24, 2.45) is 0 Å². The maximum Gasteiger partial charge on any atom is 0.416 e. The molecule has 4 aliphatic heterocycles. The van der Waals surface area contributed by atoms with E-state index in [0.29, 0.717) is 49.4 Å². The van der Waals surface area contributed by atoms with Crippen LogP contribution in [0.3, 0.4) is 0 Å². The minimum atomic E-state index is -4.47. The molecule has 2 aromatic carbocycles. The SMILES string of the molecule is Cc1cc(-c2cccc(C(F)(F)F)c2)[nH]c(=O)c1C(=O)N1CCC(N2CCCC2)CC1.Cc1cc(-c2cccc(C(F)(F)F)c2)[nH]c(=O)c1C(=O)N1CCC(N2CCCC2)CC1. The predicted molar refractivity (Wildman–Crippen MR) is 224 cm³/mol. The van der Waals surface area contributed by atoms with Gasteiger partial charge in [0.25, 0.3) is 22.9 Å². The molecule has 6 heterocycles. The van der Waals surface area contributed by atoms with Crippen LogP contribution in [0.5, 0.6) is 0 Å². The first-order valence-corrected chi connectivity index (χ1v) is 21.4. The minimum Gasteiger partial charge on any atom is -0.338 e. The van der Waals surface area contributed by atoms with E-state index < -0.39 is 34.6 Å². The van der Waals surface area contributed by atoms with Gasteiger partial charge in [0.15, 0.2) is 0 Å². The average molecular weight is 867 g/mol. The molecule has 0 aliphatic carbocycles. The van der Waals surface area contributed by atoms with Crippen molar-refractivity contribution in [2.45, 2.75) is 89.7 Å². The highest BCUT2D eigenvalue weighted by Gasteiger charge is 2.34. The van der Waals surface area contributed by atoms with Crippen LogP contribution in [0.4, 0.5) is 26.3 Å². The number of pyridine rings is 2. The summed E-state index contributed by atoms with van der Waals surface area (Å²) in [5, 5.41) is 0. The van der Waals surface area contributed by atoms with Gasteiger partial charge in [0.05, 0.1) is 11.1 Å². The van der Waals surface area contributed by atoms with Gasteiger partial charge in [-0.2, -0.15) is 26.3 Å². The van der Waals surface area contributed by atoms with Crippen molar-refractivity contribution in [3.8, 4) is 22.5 Å².